The average molecular weight is 280 g/mol. The summed E-state index contributed by atoms with van der Waals surface area (Å²) in [4.78, 5) is 13.3. The molecule has 5 heteroatoms. The number of hydrogen-bond donors (Lipinski definition) is 0. The van der Waals surface area contributed by atoms with Crippen molar-refractivity contribution in [1.82, 2.24) is 0 Å². The second-order valence-electron chi connectivity index (χ2n) is 4.27. The third-order valence-electron chi connectivity index (χ3n) is 2.83. The highest BCUT2D eigenvalue weighted by atomic mass is 35.5. The fraction of sp³-hybridized carbons (Fsp3) is 0.357. The molecule has 1 fully saturated rings. The van der Waals surface area contributed by atoms with E-state index in [9.17, 15) is 4.79 Å². The van der Waals surface area contributed by atoms with Gasteiger partial charge in [-0.1, -0.05) is 23.6 Å². The molecule has 1 amide bonds. The van der Waals surface area contributed by atoms with E-state index in [-0.39, 0.29) is 12.7 Å². The van der Waals surface area contributed by atoms with Crippen LogP contribution in [0.15, 0.2) is 18.2 Å². The first kappa shape index (κ1) is 13.7. The van der Waals surface area contributed by atoms with Crippen LogP contribution in [-0.4, -0.2) is 32.0 Å². The summed E-state index contributed by atoms with van der Waals surface area (Å²) in [6, 6.07) is 5.46. The second-order valence-corrected chi connectivity index (χ2v) is 4.68. The first-order valence-electron chi connectivity index (χ1n) is 5.87. The maximum Gasteiger partial charge on any atom is 0.414 e. The molecule has 19 heavy (non-hydrogen) atoms. The van der Waals surface area contributed by atoms with E-state index in [0.717, 1.165) is 11.3 Å². The molecular weight excluding hydrogens is 266 g/mol. The summed E-state index contributed by atoms with van der Waals surface area (Å²) in [5.41, 5.74) is 1.69. The number of rotatable bonds is 4. The molecule has 1 aromatic carbocycles. The smallest absolute Gasteiger partial charge is 0.414 e. The molecular formula is C14H14ClNO3. The first-order valence-corrected chi connectivity index (χ1v) is 6.25. The molecule has 0 radical (unpaired) electrons. The predicted molar refractivity (Wildman–Crippen MR) is 73.5 cm³/mol. The van der Waals surface area contributed by atoms with Crippen LogP contribution in [0.2, 0.25) is 5.02 Å². The lowest BCUT2D eigenvalue weighted by molar-refractivity contribution is 0.0598. The Labute approximate surface area is 117 Å². The van der Waals surface area contributed by atoms with Crippen molar-refractivity contribution in [2.24, 2.45) is 0 Å². The Kier molecular flexibility index (Phi) is 4.31. The molecule has 2 rings (SSSR count). The van der Waals surface area contributed by atoms with Crippen molar-refractivity contribution >= 4 is 23.4 Å². The lowest BCUT2D eigenvalue weighted by atomic mass is 10.2. The number of hydrogen-bond acceptors (Lipinski definition) is 3. The Morgan fingerprint density at radius 3 is 3.11 bits per heavy atom. The van der Waals surface area contributed by atoms with E-state index in [0.29, 0.717) is 18.2 Å². The minimum absolute atomic E-state index is 0.213. The van der Waals surface area contributed by atoms with Crippen LogP contribution in [0.3, 0.4) is 0 Å². The van der Waals surface area contributed by atoms with Gasteiger partial charge < -0.3 is 9.47 Å². The Hall–Kier alpha value is -1.70. The topological polar surface area (TPSA) is 38.8 Å². The van der Waals surface area contributed by atoms with Crippen LogP contribution in [0.25, 0.3) is 0 Å². The van der Waals surface area contributed by atoms with Gasteiger partial charge in [-0.25, -0.2) is 4.79 Å². The lowest BCUT2D eigenvalue weighted by Gasteiger charge is -2.13. The summed E-state index contributed by atoms with van der Waals surface area (Å²) in [6.07, 6.45) is 4.38. The van der Waals surface area contributed by atoms with Gasteiger partial charge in [-0.2, -0.15) is 0 Å². The van der Waals surface area contributed by atoms with Gasteiger partial charge in [0.05, 0.1) is 13.2 Å². The van der Waals surface area contributed by atoms with Crippen molar-refractivity contribution in [2.45, 2.75) is 13.0 Å². The summed E-state index contributed by atoms with van der Waals surface area (Å²) < 4.78 is 10.4. The van der Waals surface area contributed by atoms with Gasteiger partial charge in [-0.05, 0) is 24.6 Å². The summed E-state index contributed by atoms with van der Waals surface area (Å²) in [7, 11) is 0. The Morgan fingerprint density at radius 2 is 2.42 bits per heavy atom. The molecule has 1 aliphatic heterocycles. The zero-order valence-electron chi connectivity index (χ0n) is 10.6. The largest absolute Gasteiger partial charge is 0.441 e. The lowest BCUT2D eigenvalue weighted by Crippen LogP contribution is -2.25. The maximum absolute atomic E-state index is 11.8. The molecule has 0 aliphatic carbocycles. The molecule has 1 aliphatic rings. The number of carbonyl (C=O) groups is 1. The molecule has 0 bridgehead atoms. The van der Waals surface area contributed by atoms with Crippen LogP contribution >= 0.6 is 11.6 Å². The standard InChI is InChI=1S/C14H14ClNO3/c1-3-6-18-9-12-8-16(14(17)19-12)11-5-4-10(2)13(15)7-11/h1,4-5,7,12H,6,8-9H2,2H3. The zero-order valence-corrected chi connectivity index (χ0v) is 11.3. The predicted octanol–water partition coefficient (Wildman–Crippen LogP) is 2.62. The number of carbonyl (C=O) groups excluding carboxylic acids is 1. The van der Waals surface area contributed by atoms with Crippen LogP contribution in [0.1, 0.15) is 5.56 Å². The summed E-state index contributed by atoms with van der Waals surface area (Å²) in [5.74, 6) is 2.37. The maximum atomic E-state index is 11.8. The molecule has 1 unspecified atom stereocenters. The minimum Gasteiger partial charge on any atom is -0.441 e. The minimum atomic E-state index is -0.394. The molecule has 1 saturated heterocycles. The van der Waals surface area contributed by atoms with Crippen molar-refractivity contribution in [3.05, 3.63) is 28.8 Å². The van der Waals surface area contributed by atoms with E-state index in [1.54, 1.807) is 6.07 Å². The molecule has 0 aromatic heterocycles. The number of aryl methyl sites for hydroxylation is 1. The molecule has 0 N–H and O–H groups in total. The van der Waals surface area contributed by atoms with E-state index in [2.05, 4.69) is 5.92 Å². The fourth-order valence-electron chi connectivity index (χ4n) is 1.82. The number of ether oxygens (including phenoxy) is 2. The highest BCUT2D eigenvalue weighted by molar-refractivity contribution is 6.31. The Morgan fingerprint density at radius 1 is 1.63 bits per heavy atom. The fourth-order valence-corrected chi connectivity index (χ4v) is 1.99. The van der Waals surface area contributed by atoms with Crippen molar-refractivity contribution in [3.8, 4) is 12.3 Å². The van der Waals surface area contributed by atoms with Crippen molar-refractivity contribution in [2.75, 3.05) is 24.7 Å². The Bertz CT molecular complexity index is 524. The van der Waals surface area contributed by atoms with E-state index in [4.69, 9.17) is 27.5 Å². The van der Waals surface area contributed by atoms with Crippen LogP contribution in [0, 0.1) is 19.3 Å². The molecule has 4 nitrogen and oxygen atoms in total. The van der Waals surface area contributed by atoms with Gasteiger partial charge in [-0.3, -0.25) is 4.90 Å². The normalized spacial score (nSPS) is 18.3. The van der Waals surface area contributed by atoms with Gasteiger partial charge in [0.2, 0.25) is 0 Å². The summed E-state index contributed by atoms with van der Waals surface area (Å²) >= 11 is 6.05. The quantitative estimate of drug-likeness (QED) is 0.628. The number of nitrogens with zero attached hydrogens (tertiary/aromatic N) is 1. The number of amides is 1. The van der Waals surface area contributed by atoms with Crippen molar-refractivity contribution in [3.63, 3.8) is 0 Å². The number of halogens is 1. The van der Waals surface area contributed by atoms with Crippen LogP contribution in [0.4, 0.5) is 10.5 Å². The van der Waals surface area contributed by atoms with E-state index in [1.807, 2.05) is 19.1 Å². The van der Waals surface area contributed by atoms with Crippen molar-refractivity contribution < 1.29 is 14.3 Å². The number of benzene rings is 1. The van der Waals surface area contributed by atoms with Crippen LogP contribution < -0.4 is 4.90 Å². The van der Waals surface area contributed by atoms with Gasteiger partial charge in [-0.15, -0.1) is 6.42 Å². The molecule has 1 aromatic rings. The third kappa shape index (κ3) is 3.19. The van der Waals surface area contributed by atoms with E-state index < -0.39 is 6.09 Å². The van der Waals surface area contributed by atoms with Crippen molar-refractivity contribution in [1.29, 1.82) is 0 Å². The van der Waals surface area contributed by atoms with Gasteiger partial charge in [0.25, 0.3) is 0 Å². The second kappa shape index (κ2) is 5.96. The SMILES string of the molecule is C#CCOCC1CN(c2ccc(C)c(Cl)c2)C(=O)O1. The van der Waals surface area contributed by atoms with E-state index >= 15 is 0 Å². The number of cyclic esters (lactones) is 1. The van der Waals surface area contributed by atoms with Gasteiger partial charge in [0.15, 0.2) is 0 Å². The first-order chi connectivity index (χ1) is 9.11. The molecule has 1 heterocycles. The summed E-state index contributed by atoms with van der Waals surface area (Å²) in [5, 5.41) is 0.623. The Balaban J connectivity index is 2.03. The molecule has 0 saturated carbocycles. The highest BCUT2D eigenvalue weighted by Gasteiger charge is 2.32. The average Bonchev–Trinajstić information content (AvgIpc) is 2.74. The van der Waals surface area contributed by atoms with Crippen LogP contribution in [-0.2, 0) is 9.47 Å². The van der Waals surface area contributed by atoms with Gasteiger partial charge in [0.1, 0.15) is 12.7 Å². The molecule has 0 spiro atoms. The number of anilines is 1. The summed E-state index contributed by atoms with van der Waals surface area (Å²) in [6.45, 7) is 2.85. The van der Waals surface area contributed by atoms with Gasteiger partial charge >= 0.3 is 6.09 Å². The van der Waals surface area contributed by atoms with Crippen LogP contribution in [0.5, 0.6) is 0 Å². The monoisotopic (exact) mass is 279 g/mol. The molecule has 1 atom stereocenters. The molecule has 100 valence electrons. The third-order valence-corrected chi connectivity index (χ3v) is 3.24. The highest BCUT2D eigenvalue weighted by Crippen LogP contribution is 2.26. The number of terminal acetylenes is 1. The zero-order chi connectivity index (χ0) is 13.8. The van der Waals surface area contributed by atoms with E-state index in [1.165, 1.54) is 4.90 Å². The van der Waals surface area contributed by atoms with Gasteiger partial charge in [0, 0.05) is 10.7 Å².